The molecule has 0 unspecified atom stereocenters. The molecule has 0 fully saturated rings. The molecular formula is C12H16N2O. The highest BCUT2D eigenvalue weighted by molar-refractivity contribution is 5.95. The van der Waals surface area contributed by atoms with Gasteiger partial charge in [-0.1, -0.05) is 19.1 Å². The number of rotatable bonds is 2. The fraction of sp³-hybridized carbons (Fsp3) is 0.417. The lowest BCUT2D eigenvalue weighted by Gasteiger charge is -2.16. The van der Waals surface area contributed by atoms with Crippen molar-refractivity contribution in [1.82, 2.24) is 0 Å². The first-order valence-corrected chi connectivity index (χ1v) is 5.38. The number of benzene rings is 1. The Morgan fingerprint density at radius 1 is 1.53 bits per heavy atom. The van der Waals surface area contributed by atoms with Gasteiger partial charge in [0.05, 0.1) is 0 Å². The van der Waals surface area contributed by atoms with Gasteiger partial charge in [0, 0.05) is 25.2 Å². The molecule has 0 spiro atoms. The lowest BCUT2D eigenvalue weighted by atomic mass is 10.1. The first kappa shape index (κ1) is 10.2. The van der Waals surface area contributed by atoms with Crippen LogP contribution in [0.5, 0.6) is 0 Å². The van der Waals surface area contributed by atoms with E-state index in [4.69, 9.17) is 5.73 Å². The molecule has 1 heterocycles. The van der Waals surface area contributed by atoms with Gasteiger partial charge in [-0.2, -0.15) is 0 Å². The molecule has 3 heteroatoms. The number of carbonyl (C=O) groups is 1. The van der Waals surface area contributed by atoms with E-state index in [0.29, 0.717) is 13.0 Å². The summed E-state index contributed by atoms with van der Waals surface area (Å²) in [6.07, 6.45) is 1.52. The average molecular weight is 204 g/mol. The van der Waals surface area contributed by atoms with Crippen molar-refractivity contribution in [2.45, 2.75) is 26.3 Å². The molecule has 1 aliphatic heterocycles. The average Bonchev–Trinajstić information content (AvgIpc) is 2.70. The van der Waals surface area contributed by atoms with E-state index in [1.54, 1.807) is 0 Å². The molecule has 1 aliphatic rings. The Morgan fingerprint density at radius 2 is 2.33 bits per heavy atom. The van der Waals surface area contributed by atoms with Crippen molar-refractivity contribution in [2.24, 2.45) is 5.73 Å². The normalized spacial score (nSPS) is 14.1. The summed E-state index contributed by atoms with van der Waals surface area (Å²) in [5.74, 6) is 0.203. The van der Waals surface area contributed by atoms with Crippen LogP contribution in [0.1, 0.15) is 24.5 Å². The molecule has 2 rings (SSSR count). The summed E-state index contributed by atoms with van der Waals surface area (Å²) in [7, 11) is 0. The van der Waals surface area contributed by atoms with E-state index in [2.05, 4.69) is 6.07 Å². The standard InChI is InChI=1S/C12H16N2O/c1-2-12(15)14-6-5-10-7-9(8-13)3-4-11(10)14/h3-4,7H,2,5-6,8,13H2,1H3. The Labute approximate surface area is 89.9 Å². The molecule has 0 saturated carbocycles. The van der Waals surface area contributed by atoms with E-state index in [1.807, 2.05) is 24.0 Å². The SMILES string of the molecule is CCC(=O)N1CCc2cc(CN)ccc21. The Bertz CT molecular complexity index is 387. The highest BCUT2D eigenvalue weighted by Crippen LogP contribution is 2.29. The molecule has 0 radical (unpaired) electrons. The molecule has 80 valence electrons. The predicted octanol–water partition coefficient (Wildman–Crippen LogP) is 1.44. The second-order valence-electron chi connectivity index (χ2n) is 3.82. The molecule has 15 heavy (non-hydrogen) atoms. The summed E-state index contributed by atoms with van der Waals surface area (Å²) in [6, 6.07) is 6.12. The summed E-state index contributed by atoms with van der Waals surface area (Å²) < 4.78 is 0. The number of nitrogens with zero attached hydrogens (tertiary/aromatic N) is 1. The van der Waals surface area contributed by atoms with Crippen LogP contribution in [0.15, 0.2) is 18.2 Å². The van der Waals surface area contributed by atoms with Crippen LogP contribution in [-0.4, -0.2) is 12.5 Å². The van der Waals surface area contributed by atoms with Gasteiger partial charge >= 0.3 is 0 Å². The molecular weight excluding hydrogens is 188 g/mol. The first-order chi connectivity index (χ1) is 7.26. The lowest BCUT2D eigenvalue weighted by Crippen LogP contribution is -2.27. The van der Waals surface area contributed by atoms with Crippen LogP contribution in [0.25, 0.3) is 0 Å². The molecule has 0 aromatic heterocycles. The van der Waals surface area contributed by atoms with Crippen molar-refractivity contribution < 1.29 is 4.79 Å². The summed E-state index contributed by atoms with van der Waals surface area (Å²) in [5, 5.41) is 0. The summed E-state index contributed by atoms with van der Waals surface area (Å²) in [5.41, 5.74) is 9.04. The minimum atomic E-state index is 0.203. The molecule has 1 aromatic carbocycles. The highest BCUT2D eigenvalue weighted by atomic mass is 16.2. The maximum absolute atomic E-state index is 11.6. The van der Waals surface area contributed by atoms with E-state index < -0.39 is 0 Å². The summed E-state index contributed by atoms with van der Waals surface area (Å²) in [6.45, 7) is 3.28. The maximum Gasteiger partial charge on any atom is 0.226 e. The zero-order valence-electron chi connectivity index (χ0n) is 8.99. The number of anilines is 1. The van der Waals surface area contributed by atoms with Crippen molar-refractivity contribution in [3.8, 4) is 0 Å². The topological polar surface area (TPSA) is 46.3 Å². The van der Waals surface area contributed by atoms with E-state index in [0.717, 1.165) is 24.2 Å². The smallest absolute Gasteiger partial charge is 0.226 e. The zero-order valence-corrected chi connectivity index (χ0v) is 8.99. The van der Waals surface area contributed by atoms with E-state index in [9.17, 15) is 4.79 Å². The largest absolute Gasteiger partial charge is 0.326 e. The third-order valence-corrected chi connectivity index (χ3v) is 2.88. The van der Waals surface area contributed by atoms with Crippen LogP contribution < -0.4 is 10.6 Å². The molecule has 0 saturated heterocycles. The number of hydrogen-bond donors (Lipinski definition) is 1. The van der Waals surface area contributed by atoms with Crippen LogP contribution in [0.3, 0.4) is 0 Å². The van der Waals surface area contributed by atoms with E-state index >= 15 is 0 Å². The van der Waals surface area contributed by atoms with Crippen molar-refractivity contribution >= 4 is 11.6 Å². The fourth-order valence-electron chi connectivity index (χ4n) is 2.03. The van der Waals surface area contributed by atoms with Crippen molar-refractivity contribution in [2.75, 3.05) is 11.4 Å². The highest BCUT2D eigenvalue weighted by Gasteiger charge is 2.23. The van der Waals surface area contributed by atoms with Gasteiger partial charge in [0.15, 0.2) is 0 Å². The number of carbonyl (C=O) groups excluding carboxylic acids is 1. The Morgan fingerprint density at radius 3 is 3.00 bits per heavy atom. The quantitative estimate of drug-likeness (QED) is 0.792. The van der Waals surface area contributed by atoms with Crippen molar-refractivity contribution in [1.29, 1.82) is 0 Å². The Kier molecular flexibility index (Phi) is 2.73. The fourth-order valence-corrected chi connectivity index (χ4v) is 2.03. The van der Waals surface area contributed by atoms with Crippen molar-refractivity contribution in [3.05, 3.63) is 29.3 Å². The van der Waals surface area contributed by atoms with Crippen LogP contribution in [-0.2, 0) is 17.8 Å². The van der Waals surface area contributed by atoms with Crippen LogP contribution in [0, 0.1) is 0 Å². The molecule has 1 aromatic rings. The molecule has 3 nitrogen and oxygen atoms in total. The Hall–Kier alpha value is -1.35. The second kappa shape index (κ2) is 4.03. The van der Waals surface area contributed by atoms with Gasteiger partial charge in [0.1, 0.15) is 0 Å². The monoisotopic (exact) mass is 204 g/mol. The van der Waals surface area contributed by atoms with E-state index in [1.165, 1.54) is 5.56 Å². The van der Waals surface area contributed by atoms with Gasteiger partial charge in [-0.3, -0.25) is 4.79 Å². The molecule has 0 aliphatic carbocycles. The van der Waals surface area contributed by atoms with E-state index in [-0.39, 0.29) is 5.91 Å². The van der Waals surface area contributed by atoms with Crippen LogP contribution >= 0.6 is 0 Å². The number of hydrogen-bond acceptors (Lipinski definition) is 2. The third-order valence-electron chi connectivity index (χ3n) is 2.88. The minimum Gasteiger partial charge on any atom is -0.326 e. The number of amides is 1. The minimum absolute atomic E-state index is 0.203. The number of nitrogens with two attached hydrogens (primary N) is 1. The summed E-state index contributed by atoms with van der Waals surface area (Å²) >= 11 is 0. The van der Waals surface area contributed by atoms with Crippen LogP contribution in [0.4, 0.5) is 5.69 Å². The summed E-state index contributed by atoms with van der Waals surface area (Å²) in [4.78, 5) is 13.5. The van der Waals surface area contributed by atoms with Crippen LogP contribution in [0.2, 0.25) is 0 Å². The predicted molar refractivity (Wildman–Crippen MR) is 60.7 cm³/mol. The van der Waals surface area contributed by atoms with Gasteiger partial charge in [-0.15, -0.1) is 0 Å². The van der Waals surface area contributed by atoms with Crippen molar-refractivity contribution in [3.63, 3.8) is 0 Å². The van der Waals surface area contributed by atoms with Gasteiger partial charge < -0.3 is 10.6 Å². The molecule has 2 N–H and O–H groups in total. The lowest BCUT2D eigenvalue weighted by molar-refractivity contribution is -0.118. The van der Waals surface area contributed by atoms with Gasteiger partial charge in [-0.05, 0) is 23.6 Å². The van der Waals surface area contributed by atoms with Gasteiger partial charge in [0.25, 0.3) is 0 Å². The maximum atomic E-state index is 11.6. The Balaban J connectivity index is 2.32. The van der Waals surface area contributed by atoms with Gasteiger partial charge in [-0.25, -0.2) is 0 Å². The molecule has 0 bridgehead atoms. The third kappa shape index (κ3) is 1.75. The zero-order chi connectivity index (χ0) is 10.8. The first-order valence-electron chi connectivity index (χ1n) is 5.38. The van der Waals surface area contributed by atoms with Gasteiger partial charge in [0.2, 0.25) is 5.91 Å². The number of fused-ring (bicyclic) bond motifs is 1. The molecule has 0 atom stereocenters. The second-order valence-corrected chi connectivity index (χ2v) is 3.82. The molecule has 1 amide bonds.